The Morgan fingerprint density at radius 1 is 1.13 bits per heavy atom. The minimum Gasteiger partial charge on any atom is -0.492 e. The van der Waals surface area contributed by atoms with E-state index < -0.39 is 0 Å². The molecule has 1 aliphatic carbocycles. The Morgan fingerprint density at radius 2 is 1.87 bits per heavy atom. The molecule has 5 rings (SSSR count). The van der Waals surface area contributed by atoms with Crippen molar-refractivity contribution in [2.75, 3.05) is 21.0 Å². The van der Waals surface area contributed by atoms with Gasteiger partial charge in [-0.05, 0) is 25.8 Å². The van der Waals surface area contributed by atoms with Crippen LogP contribution < -0.4 is 24.5 Å². The number of ether oxygens (including phenoxy) is 4. The van der Waals surface area contributed by atoms with E-state index in [1.165, 1.54) is 37.4 Å². The lowest BCUT2D eigenvalue weighted by Crippen LogP contribution is -2.14. The van der Waals surface area contributed by atoms with Gasteiger partial charge in [0.2, 0.25) is 18.3 Å². The fourth-order valence-corrected chi connectivity index (χ4v) is 5.93. The molecule has 31 heavy (non-hydrogen) atoms. The van der Waals surface area contributed by atoms with Crippen LogP contribution in [0.2, 0.25) is 0 Å². The molecule has 1 N–H and O–H groups in total. The van der Waals surface area contributed by atoms with E-state index in [1.54, 1.807) is 14.2 Å². The Bertz CT molecular complexity index is 1080. The maximum absolute atomic E-state index is 13.2. The highest BCUT2D eigenvalue weighted by Crippen LogP contribution is 2.55. The second-order valence-corrected chi connectivity index (χ2v) is 9.39. The summed E-state index contributed by atoms with van der Waals surface area (Å²) in [6.45, 7) is 2.10. The van der Waals surface area contributed by atoms with E-state index >= 15 is 0 Å². The summed E-state index contributed by atoms with van der Waals surface area (Å²) in [7, 11) is 3.17. The molecule has 0 amide bonds. The van der Waals surface area contributed by atoms with Gasteiger partial charge in [-0.1, -0.05) is 37.4 Å². The predicted octanol–water partition coefficient (Wildman–Crippen LogP) is 4.70. The summed E-state index contributed by atoms with van der Waals surface area (Å²) in [5, 5.41) is 3.71. The van der Waals surface area contributed by atoms with Crippen LogP contribution in [0.25, 0.3) is 0 Å². The number of H-pyrrole nitrogens is 1. The van der Waals surface area contributed by atoms with Crippen LogP contribution in [0, 0.1) is 0 Å². The van der Waals surface area contributed by atoms with Crippen LogP contribution >= 0.6 is 11.8 Å². The molecule has 0 spiro atoms. The van der Waals surface area contributed by atoms with E-state index in [0.717, 1.165) is 29.3 Å². The highest BCUT2D eigenvalue weighted by atomic mass is 32.2. The third-order valence-electron chi connectivity index (χ3n) is 6.23. The van der Waals surface area contributed by atoms with Crippen LogP contribution in [0.5, 0.6) is 23.0 Å². The van der Waals surface area contributed by atoms with Crippen LogP contribution in [-0.4, -0.2) is 35.8 Å². The van der Waals surface area contributed by atoms with Gasteiger partial charge in [-0.15, -0.1) is 0 Å². The van der Waals surface area contributed by atoms with E-state index in [9.17, 15) is 4.79 Å². The van der Waals surface area contributed by atoms with Gasteiger partial charge in [0.15, 0.2) is 17.3 Å². The van der Waals surface area contributed by atoms with E-state index in [-0.39, 0.29) is 23.6 Å². The summed E-state index contributed by atoms with van der Waals surface area (Å²) in [4.78, 5) is 18.0. The molecule has 0 saturated heterocycles. The Labute approximate surface area is 184 Å². The molecule has 2 aliphatic heterocycles. The van der Waals surface area contributed by atoms with E-state index in [4.69, 9.17) is 23.9 Å². The summed E-state index contributed by atoms with van der Waals surface area (Å²) in [6.07, 6.45) is 6.97. The number of thioether (sulfide) groups is 1. The summed E-state index contributed by atoms with van der Waals surface area (Å²) < 4.78 is 24.6. The van der Waals surface area contributed by atoms with Crippen molar-refractivity contribution in [3.63, 3.8) is 0 Å². The third kappa shape index (κ3) is 3.39. The SMILES string of the molecule is COc1c([C@H]2SC(C)=Nc3c2c(=O)[nH]n3C2CCCCCC2)cc2c(c1OC)OCO2. The molecule has 1 saturated carbocycles. The molecule has 0 unspecified atom stereocenters. The van der Waals surface area contributed by atoms with E-state index in [1.807, 2.05) is 17.7 Å². The number of hydrogen-bond donors (Lipinski definition) is 1. The zero-order valence-electron chi connectivity index (χ0n) is 18.0. The average Bonchev–Trinajstić information content (AvgIpc) is 3.26. The fourth-order valence-electron chi connectivity index (χ4n) is 4.81. The van der Waals surface area contributed by atoms with Crippen molar-refractivity contribution in [3.8, 4) is 23.0 Å². The number of aromatic nitrogens is 2. The summed E-state index contributed by atoms with van der Waals surface area (Å²) in [5.41, 5.74) is 1.36. The van der Waals surface area contributed by atoms with Gasteiger partial charge in [0.05, 0.1) is 36.1 Å². The normalized spacial score (nSPS) is 20.7. The van der Waals surface area contributed by atoms with Gasteiger partial charge in [-0.2, -0.15) is 0 Å². The molecule has 1 fully saturated rings. The maximum Gasteiger partial charge on any atom is 0.271 e. The number of hydrogen-bond acceptors (Lipinski definition) is 7. The van der Waals surface area contributed by atoms with Gasteiger partial charge in [-0.25, -0.2) is 4.99 Å². The molecule has 0 radical (unpaired) electrons. The van der Waals surface area contributed by atoms with Crippen molar-refractivity contribution >= 4 is 22.6 Å². The van der Waals surface area contributed by atoms with Crippen LogP contribution in [0.1, 0.15) is 67.9 Å². The van der Waals surface area contributed by atoms with Gasteiger partial charge in [0, 0.05) is 5.56 Å². The lowest BCUT2D eigenvalue weighted by Gasteiger charge is -2.25. The van der Waals surface area contributed by atoms with Gasteiger partial charge in [-0.3, -0.25) is 14.6 Å². The highest BCUT2D eigenvalue weighted by Gasteiger charge is 2.37. The van der Waals surface area contributed by atoms with Gasteiger partial charge < -0.3 is 18.9 Å². The van der Waals surface area contributed by atoms with Crippen molar-refractivity contribution in [2.24, 2.45) is 4.99 Å². The van der Waals surface area contributed by atoms with Gasteiger partial charge >= 0.3 is 0 Å². The zero-order chi connectivity index (χ0) is 21.5. The molecular formula is C22H27N3O5S. The quantitative estimate of drug-likeness (QED) is 0.686. The highest BCUT2D eigenvalue weighted by molar-refractivity contribution is 8.14. The standard InChI is InChI=1S/C22H27N3O5S/c1-12-23-21-16(22(26)24-25(21)13-8-6-4-5-7-9-13)20(31-12)14-10-15-18(30-11-29-15)19(28-3)17(14)27-2/h10,13,20H,4-9,11H2,1-3H3,(H,24,26)/t20-/m1/s1. The number of fused-ring (bicyclic) bond motifs is 2. The molecule has 3 aliphatic rings. The number of aromatic amines is 1. The summed E-state index contributed by atoms with van der Waals surface area (Å²) >= 11 is 1.54. The molecule has 0 bridgehead atoms. The smallest absolute Gasteiger partial charge is 0.271 e. The summed E-state index contributed by atoms with van der Waals surface area (Å²) in [6, 6.07) is 2.17. The van der Waals surface area contributed by atoms with Crippen LogP contribution in [-0.2, 0) is 0 Å². The fraction of sp³-hybridized carbons (Fsp3) is 0.545. The van der Waals surface area contributed by atoms with Crippen LogP contribution in [0.4, 0.5) is 5.82 Å². The predicted molar refractivity (Wildman–Crippen MR) is 120 cm³/mol. The number of rotatable bonds is 4. The number of benzene rings is 1. The van der Waals surface area contributed by atoms with Crippen LogP contribution in [0.15, 0.2) is 15.9 Å². The minimum absolute atomic E-state index is 0.105. The van der Waals surface area contributed by atoms with Crippen molar-refractivity contribution < 1.29 is 18.9 Å². The average molecular weight is 446 g/mol. The molecule has 2 aromatic rings. The number of nitrogens with one attached hydrogen (secondary N) is 1. The van der Waals surface area contributed by atoms with Crippen molar-refractivity contribution in [1.29, 1.82) is 0 Å². The number of nitrogens with zero attached hydrogens (tertiary/aromatic N) is 2. The first kappa shape index (κ1) is 20.4. The Hall–Kier alpha value is -2.55. The molecule has 166 valence electrons. The number of aliphatic imine (C=N–C) groups is 1. The maximum atomic E-state index is 13.2. The summed E-state index contributed by atoms with van der Waals surface area (Å²) in [5.74, 6) is 2.88. The first-order valence-corrected chi connectivity index (χ1v) is 11.6. The second kappa shape index (κ2) is 8.18. The molecule has 1 atom stereocenters. The van der Waals surface area contributed by atoms with Gasteiger partial charge in [0.25, 0.3) is 5.56 Å². The Kier molecular flexibility index (Phi) is 5.37. The van der Waals surface area contributed by atoms with Crippen molar-refractivity contribution in [2.45, 2.75) is 56.7 Å². The first-order valence-electron chi connectivity index (χ1n) is 10.7. The van der Waals surface area contributed by atoms with Gasteiger partial charge in [0.1, 0.15) is 0 Å². The van der Waals surface area contributed by atoms with Crippen molar-refractivity contribution in [1.82, 2.24) is 9.78 Å². The number of methoxy groups -OCH3 is 2. The van der Waals surface area contributed by atoms with Crippen LogP contribution in [0.3, 0.4) is 0 Å². The first-order chi connectivity index (χ1) is 15.1. The minimum atomic E-state index is -0.290. The lowest BCUT2D eigenvalue weighted by molar-refractivity contribution is 0.170. The molecule has 8 nitrogen and oxygen atoms in total. The van der Waals surface area contributed by atoms with Crippen molar-refractivity contribution in [3.05, 3.63) is 27.5 Å². The Balaban J connectivity index is 1.66. The third-order valence-corrected chi connectivity index (χ3v) is 7.39. The molecule has 3 heterocycles. The largest absolute Gasteiger partial charge is 0.492 e. The topological polar surface area (TPSA) is 87.1 Å². The molecule has 1 aromatic heterocycles. The molecule has 9 heteroatoms. The molecule has 1 aromatic carbocycles. The molecular weight excluding hydrogens is 418 g/mol. The second-order valence-electron chi connectivity index (χ2n) is 8.09. The Morgan fingerprint density at radius 3 is 2.58 bits per heavy atom. The monoisotopic (exact) mass is 445 g/mol. The lowest BCUT2D eigenvalue weighted by atomic mass is 10.0. The van der Waals surface area contributed by atoms with E-state index in [2.05, 4.69) is 5.10 Å². The van der Waals surface area contributed by atoms with E-state index in [0.29, 0.717) is 28.6 Å². The zero-order valence-corrected chi connectivity index (χ0v) is 18.8.